The molecule has 0 radical (unpaired) electrons. The highest BCUT2D eigenvalue weighted by Crippen LogP contribution is 2.39. The SMILES string of the molecule is CC(C)(C)CC(C)(C)[C@@H](C(=O)O)N1CCN(Cc2ccc(F)cc2)C1=O. The first-order valence-electron chi connectivity index (χ1n) is 8.93. The van der Waals surface area contributed by atoms with Crippen LogP contribution in [0.4, 0.5) is 9.18 Å². The highest BCUT2D eigenvalue weighted by atomic mass is 19.1. The van der Waals surface area contributed by atoms with Gasteiger partial charge in [0.2, 0.25) is 0 Å². The van der Waals surface area contributed by atoms with Gasteiger partial charge in [0.05, 0.1) is 0 Å². The number of aliphatic carboxylic acids is 1. The van der Waals surface area contributed by atoms with Crippen molar-refractivity contribution >= 4 is 12.0 Å². The summed E-state index contributed by atoms with van der Waals surface area (Å²) in [4.78, 5) is 28.0. The van der Waals surface area contributed by atoms with Gasteiger partial charge in [-0.25, -0.2) is 14.0 Å². The first kappa shape index (κ1) is 20.2. The van der Waals surface area contributed by atoms with Gasteiger partial charge in [0.15, 0.2) is 0 Å². The molecule has 0 aromatic heterocycles. The summed E-state index contributed by atoms with van der Waals surface area (Å²) >= 11 is 0. The van der Waals surface area contributed by atoms with Gasteiger partial charge in [-0.05, 0) is 34.9 Å². The largest absolute Gasteiger partial charge is 0.480 e. The Hall–Kier alpha value is -2.11. The molecule has 1 aliphatic rings. The minimum Gasteiger partial charge on any atom is -0.480 e. The number of halogens is 1. The molecule has 1 fully saturated rings. The molecule has 144 valence electrons. The van der Waals surface area contributed by atoms with E-state index in [2.05, 4.69) is 20.8 Å². The van der Waals surface area contributed by atoms with Crippen molar-refractivity contribution in [2.75, 3.05) is 13.1 Å². The Morgan fingerprint density at radius 1 is 1.15 bits per heavy atom. The number of rotatable bonds is 6. The lowest BCUT2D eigenvalue weighted by Gasteiger charge is -2.40. The van der Waals surface area contributed by atoms with E-state index in [0.717, 1.165) is 5.56 Å². The third kappa shape index (κ3) is 4.74. The van der Waals surface area contributed by atoms with E-state index in [4.69, 9.17) is 0 Å². The van der Waals surface area contributed by atoms with Crippen LogP contribution in [0.1, 0.15) is 46.6 Å². The minimum absolute atomic E-state index is 0.0478. The summed E-state index contributed by atoms with van der Waals surface area (Å²) in [5.74, 6) is -1.30. The lowest BCUT2D eigenvalue weighted by Crippen LogP contribution is -2.52. The molecule has 1 atom stereocenters. The lowest BCUT2D eigenvalue weighted by molar-refractivity contribution is -0.147. The van der Waals surface area contributed by atoms with Crippen molar-refractivity contribution in [2.24, 2.45) is 10.8 Å². The van der Waals surface area contributed by atoms with Crippen LogP contribution in [0.2, 0.25) is 0 Å². The highest BCUT2D eigenvalue weighted by molar-refractivity contribution is 5.84. The van der Waals surface area contributed by atoms with E-state index >= 15 is 0 Å². The molecule has 26 heavy (non-hydrogen) atoms. The summed E-state index contributed by atoms with van der Waals surface area (Å²) in [7, 11) is 0. The molecule has 0 unspecified atom stereocenters. The van der Waals surface area contributed by atoms with Gasteiger partial charge in [-0.3, -0.25) is 0 Å². The Morgan fingerprint density at radius 2 is 1.73 bits per heavy atom. The Kier molecular flexibility index (Phi) is 5.64. The van der Waals surface area contributed by atoms with E-state index in [1.54, 1.807) is 17.0 Å². The van der Waals surface area contributed by atoms with Gasteiger partial charge in [-0.15, -0.1) is 0 Å². The van der Waals surface area contributed by atoms with E-state index in [-0.39, 0.29) is 17.3 Å². The Morgan fingerprint density at radius 3 is 2.23 bits per heavy atom. The second-order valence-electron chi connectivity index (χ2n) is 8.99. The minimum atomic E-state index is -0.976. The zero-order chi connectivity index (χ0) is 19.7. The van der Waals surface area contributed by atoms with Crippen LogP contribution >= 0.6 is 0 Å². The molecule has 0 saturated carbocycles. The van der Waals surface area contributed by atoms with E-state index in [1.807, 2.05) is 13.8 Å². The van der Waals surface area contributed by atoms with Crippen molar-refractivity contribution in [1.82, 2.24) is 9.80 Å². The number of nitrogens with zero attached hydrogens (tertiary/aromatic N) is 2. The number of carboxylic acid groups (broad SMARTS) is 1. The second kappa shape index (κ2) is 7.25. The lowest BCUT2D eigenvalue weighted by atomic mass is 9.71. The van der Waals surface area contributed by atoms with Gasteiger partial charge in [0, 0.05) is 19.6 Å². The van der Waals surface area contributed by atoms with Gasteiger partial charge in [0.25, 0.3) is 0 Å². The maximum absolute atomic E-state index is 13.0. The first-order valence-corrected chi connectivity index (χ1v) is 8.93. The summed E-state index contributed by atoms with van der Waals surface area (Å²) in [6.07, 6.45) is 0.679. The Balaban J connectivity index is 2.17. The monoisotopic (exact) mass is 364 g/mol. The van der Waals surface area contributed by atoms with Crippen LogP contribution in [0.15, 0.2) is 24.3 Å². The zero-order valence-corrected chi connectivity index (χ0v) is 16.3. The molecule has 2 amide bonds. The molecule has 2 rings (SSSR count). The Bertz CT molecular complexity index is 665. The topological polar surface area (TPSA) is 60.9 Å². The van der Waals surface area contributed by atoms with E-state index in [9.17, 15) is 19.1 Å². The van der Waals surface area contributed by atoms with Crippen molar-refractivity contribution in [3.63, 3.8) is 0 Å². The highest BCUT2D eigenvalue weighted by Gasteiger charge is 2.46. The molecule has 1 saturated heterocycles. The van der Waals surface area contributed by atoms with Crippen molar-refractivity contribution in [3.8, 4) is 0 Å². The molecular formula is C20H29FN2O3. The van der Waals surface area contributed by atoms with Crippen LogP contribution < -0.4 is 0 Å². The number of hydrogen-bond donors (Lipinski definition) is 1. The summed E-state index contributed by atoms with van der Waals surface area (Å²) < 4.78 is 13.0. The molecule has 1 heterocycles. The van der Waals surface area contributed by atoms with Crippen LogP contribution in [0.5, 0.6) is 0 Å². The van der Waals surface area contributed by atoms with Gasteiger partial charge < -0.3 is 14.9 Å². The molecule has 0 bridgehead atoms. The molecule has 6 heteroatoms. The molecule has 1 N–H and O–H groups in total. The van der Waals surface area contributed by atoms with Crippen LogP contribution in [-0.4, -0.2) is 46.0 Å². The third-order valence-electron chi connectivity index (χ3n) is 4.69. The van der Waals surface area contributed by atoms with E-state index in [0.29, 0.717) is 26.1 Å². The fraction of sp³-hybridized carbons (Fsp3) is 0.600. The maximum Gasteiger partial charge on any atom is 0.327 e. The third-order valence-corrected chi connectivity index (χ3v) is 4.69. The quantitative estimate of drug-likeness (QED) is 0.830. The normalized spacial score (nSPS) is 16.9. The van der Waals surface area contributed by atoms with Crippen molar-refractivity contribution in [2.45, 2.75) is 53.6 Å². The average Bonchev–Trinajstić information content (AvgIpc) is 2.80. The zero-order valence-electron chi connectivity index (χ0n) is 16.3. The molecule has 1 aliphatic heterocycles. The van der Waals surface area contributed by atoms with Gasteiger partial charge in [-0.1, -0.05) is 46.8 Å². The molecular weight excluding hydrogens is 335 g/mol. The summed E-state index contributed by atoms with van der Waals surface area (Å²) in [6.45, 7) is 11.2. The molecule has 1 aromatic carbocycles. The summed E-state index contributed by atoms with van der Waals surface area (Å²) in [5, 5.41) is 9.84. The number of carbonyl (C=O) groups is 2. The van der Waals surface area contributed by atoms with Crippen LogP contribution in [0, 0.1) is 16.6 Å². The van der Waals surface area contributed by atoms with Crippen molar-refractivity contribution in [3.05, 3.63) is 35.6 Å². The number of benzene rings is 1. The predicted octanol–water partition coefficient (Wildman–Crippen LogP) is 3.98. The Labute approximate surface area is 154 Å². The molecule has 0 aliphatic carbocycles. The molecule has 5 nitrogen and oxygen atoms in total. The standard InChI is InChI=1S/C20H29FN2O3/c1-19(2,3)13-20(4,5)16(17(24)25)23-11-10-22(18(23)26)12-14-6-8-15(21)9-7-14/h6-9,16H,10-13H2,1-5H3,(H,24,25)/t16-/m1/s1. The predicted molar refractivity (Wildman–Crippen MR) is 98.2 cm³/mol. The second-order valence-corrected chi connectivity index (χ2v) is 8.99. The number of carbonyl (C=O) groups excluding carboxylic acids is 1. The van der Waals surface area contributed by atoms with E-state index in [1.165, 1.54) is 17.0 Å². The number of hydrogen-bond acceptors (Lipinski definition) is 2. The van der Waals surface area contributed by atoms with Crippen LogP contribution in [0.25, 0.3) is 0 Å². The van der Waals surface area contributed by atoms with Gasteiger partial charge >= 0.3 is 12.0 Å². The summed E-state index contributed by atoms with van der Waals surface area (Å²) in [6, 6.07) is 4.85. The average molecular weight is 364 g/mol. The van der Waals surface area contributed by atoms with Crippen molar-refractivity contribution < 1.29 is 19.1 Å². The van der Waals surface area contributed by atoms with Crippen LogP contribution in [-0.2, 0) is 11.3 Å². The molecule has 1 aromatic rings. The first-order chi connectivity index (χ1) is 11.9. The number of urea groups is 1. The fourth-order valence-corrected chi connectivity index (χ4v) is 4.15. The number of carboxylic acids is 1. The smallest absolute Gasteiger partial charge is 0.327 e. The molecule has 0 spiro atoms. The van der Waals surface area contributed by atoms with Crippen molar-refractivity contribution in [1.29, 1.82) is 0 Å². The fourth-order valence-electron chi connectivity index (χ4n) is 4.15. The van der Waals surface area contributed by atoms with Crippen LogP contribution in [0.3, 0.4) is 0 Å². The maximum atomic E-state index is 13.0. The van der Waals surface area contributed by atoms with E-state index < -0.39 is 17.4 Å². The van der Waals surface area contributed by atoms with Gasteiger partial charge in [-0.2, -0.15) is 0 Å². The summed E-state index contributed by atoms with van der Waals surface area (Å²) in [5.41, 5.74) is 0.210. The number of amides is 2. The van der Waals surface area contributed by atoms with Gasteiger partial charge in [0.1, 0.15) is 11.9 Å².